The maximum Gasteiger partial charge on any atom is 0.254 e. The Kier molecular flexibility index (Phi) is 11.8. The summed E-state index contributed by atoms with van der Waals surface area (Å²) in [5.74, 6) is -1.29. The minimum absolute atomic E-state index is 0.0576. The van der Waals surface area contributed by atoms with Gasteiger partial charge in [0, 0.05) is 50.9 Å². The van der Waals surface area contributed by atoms with Crippen LogP contribution in [-0.4, -0.2) is 84.3 Å². The molecule has 0 radical (unpaired) electrons. The molecule has 0 spiro atoms. The first kappa shape index (κ1) is 27.6. The van der Waals surface area contributed by atoms with E-state index >= 15 is 0 Å². The van der Waals surface area contributed by atoms with Crippen LogP contribution in [0.3, 0.4) is 0 Å². The summed E-state index contributed by atoms with van der Waals surface area (Å²) in [5, 5.41) is 25.7. The molecule has 34 heavy (non-hydrogen) atoms. The largest absolute Gasteiger partial charge is 0.380 e. The van der Waals surface area contributed by atoms with Gasteiger partial charge in [-0.1, -0.05) is 44.9 Å². The number of rotatable bonds is 9. The lowest BCUT2D eigenvalue weighted by Gasteiger charge is -2.37. The van der Waals surface area contributed by atoms with Crippen LogP contribution in [-0.2, 0) is 14.4 Å². The van der Waals surface area contributed by atoms with Crippen molar-refractivity contribution in [1.29, 1.82) is 0 Å². The fourth-order valence-electron chi connectivity index (χ4n) is 4.24. The molecule has 2 atom stereocenters. The van der Waals surface area contributed by atoms with Crippen molar-refractivity contribution in [3.05, 3.63) is 30.3 Å². The maximum absolute atomic E-state index is 12.5. The molecule has 2 aliphatic rings. The highest BCUT2D eigenvalue weighted by atomic mass is 16.3. The van der Waals surface area contributed by atoms with E-state index in [9.17, 15) is 24.6 Å². The summed E-state index contributed by atoms with van der Waals surface area (Å²) in [5.41, 5.74) is 1.07. The highest BCUT2D eigenvalue weighted by molar-refractivity contribution is 5.90. The molecule has 0 aromatic heterocycles. The molecular weight excluding hydrogens is 436 g/mol. The van der Waals surface area contributed by atoms with Gasteiger partial charge in [0.2, 0.25) is 5.91 Å². The minimum atomic E-state index is -1.83. The van der Waals surface area contributed by atoms with Crippen molar-refractivity contribution >= 4 is 23.4 Å². The van der Waals surface area contributed by atoms with Crippen LogP contribution >= 0.6 is 0 Å². The topological polar surface area (TPSA) is 122 Å². The van der Waals surface area contributed by atoms with Gasteiger partial charge in [0.05, 0.1) is 0 Å². The molecule has 1 saturated carbocycles. The molecule has 1 aromatic rings. The highest BCUT2D eigenvalue weighted by Crippen LogP contribution is 2.24. The Hall–Kier alpha value is -2.65. The van der Waals surface area contributed by atoms with Gasteiger partial charge >= 0.3 is 0 Å². The molecule has 0 bridgehead atoms. The second-order valence-corrected chi connectivity index (χ2v) is 8.45. The van der Waals surface area contributed by atoms with Crippen molar-refractivity contribution < 1.29 is 24.6 Å². The summed E-state index contributed by atoms with van der Waals surface area (Å²) >= 11 is 0. The van der Waals surface area contributed by atoms with E-state index in [0.717, 1.165) is 31.4 Å². The van der Waals surface area contributed by atoms with Gasteiger partial charge in [-0.05, 0) is 31.4 Å². The number of nitrogens with one attached hydrogen (secondary N) is 2. The molecular formula is C25H40N4O5. The Bertz CT molecular complexity index is 762. The third kappa shape index (κ3) is 7.99. The molecule has 1 saturated heterocycles. The van der Waals surface area contributed by atoms with Crippen LogP contribution in [0.15, 0.2) is 30.3 Å². The number of benzene rings is 1. The lowest BCUT2D eigenvalue weighted by Crippen LogP contribution is -2.55. The third-order valence-corrected chi connectivity index (χ3v) is 6.21. The van der Waals surface area contributed by atoms with Crippen LogP contribution in [0.25, 0.3) is 0 Å². The molecule has 9 heteroatoms. The van der Waals surface area contributed by atoms with Gasteiger partial charge < -0.3 is 30.6 Å². The van der Waals surface area contributed by atoms with E-state index in [1.165, 1.54) is 4.90 Å². The van der Waals surface area contributed by atoms with Crippen LogP contribution in [0.5, 0.6) is 0 Å². The van der Waals surface area contributed by atoms with Crippen LogP contribution in [0.4, 0.5) is 5.69 Å². The van der Waals surface area contributed by atoms with Crippen molar-refractivity contribution in [3.8, 4) is 0 Å². The molecule has 1 heterocycles. The van der Waals surface area contributed by atoms with E-state index in [2.05, 4.69) is 15.5 Å². The van der Waals surface area contributed by atoms with Crippen molar-refractivity contribution in [2.24, 2.45) is 5.92 Å². The van der Waals surface area contributed by atoms with E-state index < -0.39 is 24.0 Å². The number of carbonyl (C=O) groups excluding carboxylic acids is 3. The van der Waals surface area contributed by atoms with Gasteiger partial charge in [-0.2, -0.15) is 0 Å². The van der Waals surface area contributed by atoms with Crippen LogP contribution in [0, 0.1) is 5.92 Å². The number of piperazine rings is 1. The number of para-hydroxylation sites is 1. The fraction of sp³-hybridized carbons (Fsp3) is 0.640. The van der Waals surface area contributed by atoms with Crippen molar-refractivity contribution in [2.45, 2.75) is 58.2 Å². The SMILES string of the molecule is CC.O=C(NCCCNC(=O)C(O)C(O)C(=O)N1CCN(c2ccccc2)CC1)C1CCCC1. The Morgan fingerprint density at radius 2 is 1.50 bits per heavy atom. The summed E-state index contributed by atoms with van der Waals surface area (Å²) in [6.45, 7) is 6.69. The molecule has 3 rings (SSSR count). The van der Waals surface area contributed by atoms with E-state index in [1.807, 2.05) is 44.2 Å². The number of aliphatic hydroxyl groups excluding tert-OH is 2. The molecule has 2 fully saturated rings. The number of amides is 3. The van der Waals surface area contributed by atoms with Gasteiger partial charge in [0.15, 0.2) is 12.2 Å². The molecule has 3 amide bonds. The van der Waals surface area contributed by atoms with Crippen molar-refractivity contribution in [2.75, 3.05) is 44.2 Å². The van der Waals surface area contributed by atoms with E-state index in [0.29, 0.717) is 39.1 Å². The minimum Gasteiger partial charge on any atom is -0.380 e. The monoisotopic (exact) mass is 476 g/mol. The molecule has 1 aliphatic carbocycles. The number of hydrogen-bond acceptors (Lipinski definition) is 6. The predicted octanol–water partition coefficient (Wildman–Crippen LogP) is 0.896. The smallest absolute Gasteiger partial charge is 0.254 e. The Morgan fingerprint density at radius 3 is 2.12 bits per heavy atom. The number of hydrogen-bond donors (Lipinski definition) is 4. The number of nitrogens with zero attached hydrogens (tertiary/aromatic N) is 2. The lowest BCUT2D eigenvalue weighted by molar-refractivity contribution is -0.153. The first-order chi connectivity index (χ1) is 16.5. The van der Waals surface area contributed by atoms with E-state index in [1.54, 1.807) is 0 Å². The second-order valence-electron chi connectivity index (χ2n) is 8.45. The van der Waals surface area contributed by atoms with Crippen molar-refractivity contribution in [3.63, 3.8) is 0 Å². The molecule has 1 aliphatic heterocycles. The lowest BCUT2D eigenvalue weighted by atomic mass is 10.1. The number of aliphatic hydroxyl groups is 2. The Labute approximate surface area is 202 Å². The Balaban J connectivity index is 0.00000199. The third-order valence-electron chi connectivity index (χ3n) is 6.21. The van der Waals surface area contributed by atoms with Gasteiger partial charge in [-0.3, -0.25) is 14.4 Å². The zero-order chi connectivity index (χ0) is 24.9. The van der Waals surface area contributed by atoms with Gasteiger partial charge in [-0.25, -0.2) is 0 Å². The molecule has 1 aromatic carbocycles. The van der Waals surface area contributed by atoms with E-state index in [-0.39, 0.29) is 18.4 Å². The summed E-state index contributed by atoms with van der Waals surface area (Å²) in [7, 11) is 0. The second kappa shape index (κ2) is 14.6. The standard InChI is InChI=1S/C23H34N4O5.C2H6/c28-19(22(31)25-12-6-11-24-21(30)17-7-4-5-8-17)20(29)23(32)27-15-13-26(14-16-27)18-9-2-1-3-10-18;1-2/h1-3,9-10,17,19-20,28-29H,4-8,11-16H2,(H,24,30)(H,25,31);1-2H3. The molecule has 190 valence electrons. The summed E-state index contributed by atoms with van der Waals surface area (Å²) in [6.07, 6.45) is 0.917. The summed E-state index contributed by atoms with van der Waals surface area (Å²) in [4.78, 5) is 40.2. The normalized spacial score (nSPS) is 17.9. The predicted molar refractivity (Wildman–Crippen MR) is 131 cm³/mol. The maximum atomic E-state index is 12.5. The van der Waals surface area contributed by atoms with Gasteiger partial charge in [0.25, 0.3) is 11.8 Å². The van der Waals surface area contributed by atoms with Gasteiger partial charge in [-0.15, -0.1) is 0 Å². The average molecular weight is 477 g/mol. The fourth-order valence-corrected chi connectivity index (χ4v) is 4.24. The highest BCUT2D eigenvalue weighted by Gasteiger charge is 2.34. The summed E-state index contributed by atoms with van der Waals surface area (Å²) < 4.78 is 0. The average Bonchev–Trinajstić information content (AvgIpc) is 3.44. The van der Waals surface area contributed by atoms with Crippen LogP contribution in [0.1, 0.15) is 46.0 Å². The van der Waals surface area contributed by atoms with Gasteiger partial charge in [0.1, 0.15) is 0 Å². The quantitative estimate of drug-likeness (QED) is 0.393. The molecule has 4 N–H and O–H groups in total. The van der Waals surface area contributed by atoms with E-state index in [4.69, 9.17) is 0 Å². The zero-order valence-electron chi connectivity index (χ0n) is 20.4. The first-order valence-electron chi connectivity index (χ1n) is 12.5. The number of carbonyl (C=O) groups is 3. The Morgan fingerprint density at radius 1 is 0.912 bits per heavy atom. The summed E-state index contributed by atoms with van der Waals surface area (Å²) in [6, 6.07) is 9.85. The molecule has 2 unspecified atom stereocenters. The zero-order valence-corrected chi connectivity index (χ0v) is 20.4. The van der Waals surface area contributed by atoms with Crippen LogP contribution in [0.2, 0.25) is 0 Å². The number of anilines is 1. The first-order valence-corrected chi connectivity index (χ1v) is 12.5. The van der Waals surface area contributed by atoms with Crippen LogP contribution < -0.4 is 15.5 Å². The van der Waals surface area contributed by atoms with Crippen molar-refractivity contribution in [1.82, 2.24) is 15.5 Å². The molecule has 9 nitrogen and oxygen atoms in total.